The summed E-state index contributed by atoms with van der Waals surface area (Å²) in [7, 11) is -2.76. The van der Waals surface area contributed by atoms with Gasteiger partial charge in [0.2, 0.25) is 0 Å². The van der Waals surface area contributed by atoms with E-state index in [0.29, 0.717) is 0 Å². The molecule has 0 unspecified atom stereocenters. The van der Waals surface area contributed by atoms with Crippen LogP contribution in [0.1, 0.15) is 11.1 Å². The van der Waals surface area contributed by atoms with Crippen molar-refractivity contribution in [1.82, 2.24) is 0 Å². The Labute approximate surface area is 312 Å². The van der Waals surface area contributed by atoms with E-state index in [4.69, 9.17) is 0 Å². The van der Waals surface area contributed by atoms with Gasteiger partial charge < -0.3 is 9.80 Å². The predicted octanol–water partition coefficient (Wildman–Crippen LogP) is 13.0. The molecule has 0 amide bonds. The molecule has 0 aliphatic carbocycles. The van der Waals surface area contributed by atoms with Crippen molar-refractivity contribution in [3.05, 3.63) is 181 Å². The molecule has 0 aliphatic heterocycles. The minimum absolute atomic E-state index is 1.14. The lowest BCUT2D eigenvalue weighted by atomic mass is 10.0. The monoisotopic (exact) mass is 708 g/mol. The van der Waals surface area contributed by atoms with E-state index < -0.39 is 16.1 Å². The van der Waals surface area contributed by atoms with Gasteiger partial charge in [0.25, 0.3) is 0 Å². The largest absolute Gasteiger partial charge is 0.311 e. The first-order valence-electron chi connectivity index (χ1n) is 18.3. The zero-order chi connectivity index (χ0) is 36.3. The number of para-hydroxylation sites is 2. The summed E-state index contributed by atoms with van der Waals surface area (Å²) in [5, 5.41) is 5.38. The zero-order valence-electron chi connectivity index (χ0n) is 31.2. The van der Waals surface area contributed by atoms with Crippen molar-refractivity contribution in [1.29, 1.82) is 0 Å². The van der Waals surface area contributed by atoms with Crippen LogP contribution >= 0.6 is 0 Å². The van der Waals surface area contributed by atoms with Gasteiger partial charge in [-0.25, -0.2) is 0 Å². The van der Waals surface area contributed by atoms with Gasteiger partial charge in [-0.3, -0.25) is 0 Å². The third-order valence-corrected chi connectivity index (χ3v) is 13.9. The molecule has 0 heterocycles. The standard InChI is InChI=1S/C48H48N2Si2/c1-51(2,3)47-31-27-44(28-32-47)49(41-13-9-7-10-14-41)43-24-20-37(21-25-43)17-18-38-19-22-40-36-46(26-23-39(40)35-38)50(42-15-11-8-12-16-42)45-29-33-48(34-30-45)52(4,5)6/h7-36H,1-6H3/b18-17+. The van der Waals surface area contributed by atoms with Crippen molar-refractivity contribution < 1.29 is 0 Å². The third kappa shape index (κ3) is 7.89. The van der Waals surface area contributed by atoms with Crippen LogP contribution in [-0.2, 0) is 0 Å². The number of hydrogen-bond acceptors (Lipinski definition) is 2. The van der Waals surface area contributed by atoms with Crippen LogP contribution in [-0.4, -0.2) is 16.1 Å². The summed E-state index contributed by atoms with van der Waals surface area (Å²) in [6, 6.07) is 62.0. The Morgan fingerprint density at radius 3 is 1.15 bits per heavy atom. The van der Waals surface area contributed by atoms with E-state index in [1.165, 1.54) is 43.6 Å². The van der Waals surface area contributed by atoms with Gasteiger partial charge in [-0.1, -0.05) is 153 Å². The fourth-order valence-electron chi connectivity index (χ4n) is 6.69. The van der Waals surface area contributed by atoms with E-state index >= 15 is 0 Å². The minimum Gasteiger partial charge on any atom is -0.311 e. The maximum absolute atomic E-state index is 2.40. The van der Waals surface area contributed by atoms with Crippen molar-refractivity contribution in [3.8, 4) is 0 Å². The van der Waals surface area contributed by atoms with Gasteiger partial charge in [-0.2, -0.15) is 0 Å². The molecule has 7 rings (SSSR count). The molecule has 0 aliphatic rings. The van der Waals surface area contributed by atoms with Gasteiger partial charge in [0.05, 0.1) is 16.1 Å². The lowest BCUT2D eigenvalue weighted by Crippen LogP contribution is -2.37. The average molecular weight is 709 g/mol. The first kappa shape index (κ1) is 35.0. The summed E-state index contributed by atoms with van der Waals surface area (Å²) in [5.74, 6) is 0. The molecule has 258 valence electrons. The zero-order valence-corrected chi connectivity index (χ0v) is 33.2. The second kappa shape index (κ2) is 14.7. The Hall–Kier alpha value is -5.43. The van der Waals surface area contributed by atoms with Crippen LogP contribution < -0.4 is 20.2 Å². The highest BCUT2D eigenvalue weighted by Gasteiger charge is 2.19. The van der Waals surface area contributed by atoms with Gasteiger partial charge >= 0.3 is 0 Å². The van der Waals surface area contributed by atoms with Crippen LogP contribution in [0.15, 0.2) is 170 Å². The first-order chi connectivity index (χ1) is 25.0. The van der Waals surface area contributed by atoms with Crippen molar-refractivity contribution in [2.45, 2.75) is 39.3 Å². The summed E-state index contributed by atoms with van der Waals surface area (Å²) < 4.78 is 0. The predicted molar refractivity (Wildman–Crippen MR) is 235 cm³/mol. The van der Waals surface area contributed by atoms with Crippen molar-refractivity contribution in [2.75, 3.05) is 9.80 Å². The molecule has 4 heteroatoms. The quantitative estimate of drug-likeness (QED) is 0.103. The van der Waals surface area contributed by atoms with E-state index in [9.17, 15) is 0 Å². The van der Waals surface area contributed by atoms with Crippen LogP contribution in [0, 0.1) is 0 Å². The van der Waals surface area contributed by atoms with Crippen molar-refractivity contribution in [3.63, 3.8) is 0 Å². The van der Waals surface area contributed by atoms with Crippen LogP contribution in [0.2, 0.25) is 39.3 Å². The van der Waals surface area contributed by atoms with Gasteiger partial charge in [0.1, 0.15) is 0 Å². The maximum atomic E-state index is 2.40. The molecule has 0 aromatic heterocycles. The Balaban J connectivity index is 1.13. The van der Waals surface area contributed by atoms with E-state index in [-0.39, 0.29) is 0 Å². The molecule has 0 saturated heterocycles. The van der Waals surface area contributed by atoms with Crippen LogP contribution in [0.25, 0.3) is 22.9 Å². The molecule has 2 nitrogen and oxygen atoms in total. The molecule has 0 fully saturated rings. The number of hydrogen-bond donors (Lipinski definition) is 0. The van der Waals surface area contributed by atoms with E-state index in [1.807, 2.05) is 0 Å². The minimum atomic E-state index is -1.38. The average Bonchev–Trinajstić information content (AvgIpc) is 3.15. The van der Waals surface area contributed by atoms with Gasteiger partial charge in [-0.15, -0.1) is 0 Å². The number of rotatable bonds is 10. The molecule has 0 bridgehead atoms. The van der Waals surface area contributed by atoms with Crippen molar-refractivity contribution in [2.24, 2.45) is 0 Å². The van der Waals surface area contributed by atoms with Crippen LogP contribution in [0.3, 0.4) is 0 Å². The Morgan fingerprint density at radius 1 is 0.327 bits per heavy atom. The van der Waals surface area contributed by atoms with E-state index in [1.54, 1.807) is 0 Å². The number of benzene rings is 7. The van der Waals surface area contributed by atoms with Gasteiger partial charge in [0.15, 0.2) is 0 Å². The Kier molecular flexibility index (Phi) is 9.87. The summed E-state index contributed by atoms with van der Waals surface area (Å²) >= 11 is 0. The number of anilines is 6. The van der Waals surface area contributed by atoms with E-state index in [0.717, 1.165) is 22.7 Å². The molecule has 0 spiro atoms. The SMILES string of the molecule is C[Si](C)(C)c1ccc(N(c2ccccc2)c2ccc(/C=C/c3ccc4cc(N(c5ccccc5)c5ccc([Si](C)(C)C)cc5)ccc4c3)cc2)cc1. The van der Waals surface area contributed by atoms with Crippen LogP contribution in [0.5, 0.6) is 0 Å². The molecule has 7 aromatic carbocycles. The highest BCUT2D eigenvalue weighted by Crippen LogP contribution is 2.37. The third-order valence-electron chi connectivity index (χ3n) is 9.74. The molecule has 0 radical (unpaired) electrons. The Bertz CT molecular complexity index is 2280. The molecule has 7 aromatic rings. The maximum Gasteiger partial charge on any atom is 0.0775 e. The highest BCUT2D eigenvalue weighted by atomic mass is 28.3. The second-order valence-electron chi connectivity index (χ2n) is 15.7. The topological polar surface area (TPSA) is 6.48 Å². The molecular weight excluding hydrogens is 661 g/mol. The summed E-state index contributed by atoms with van der Waals surface area (Å²) in [5.41, 5.74) is 9.28. The first-order valence-corrected chi connectivity index (χ1v) is 25.3. The molecular formula is C48H48N2Si2. The summed E-state index contributed by atoms with van der Waals surface area (Å²) in [6.07, 6.45) is 4.42. The summed E-state index contributed by atoms with van der Waals surface area (Å²) in [4.78, 5) is 4.69. The van der Waals surface area contributed by atoms with Gasteiger partial charge in [-0.05, 0) is 101 Å². The fraction of sp³-hybridized carbons (Fsp3) is 0.125. The van der Waals surface area contributed by atoms with E-state index in [2.05, 4.69) is 231 Å². The second-order valence-corrected chi connectivity index (χ2v) is 25.8. The van der Waals surface area contributed by atoms with Crippen LogP contribution in [0.4, 0.5) is 34.1 Å². The lowest BCUT2D eigenvalue weighted by molar-refractivity contribution is 1.28. The lowest BCUT2D eigenvalue weighted by Gasteiger charge is -2.27. The van der Waals surface area contributed by atoms with Gasteiger partial charge in [0, 0.05) is 34.1 Å². The molecule has 52 heavy (non-hydrogen) atoms. The number of nitrogens with zero attached hydrogens (tertiary/aromatic N) is 2. The highest BCUT2D eigenvalue weighted by molar-refractivity contribution is 6.89. The smallest absolute Gasteiger partial charge is 0.0775 e. The molecule has 0 N–H and O–H groups in total. The molecule has 0 atom stereocenters. The normalized spacial score (nSPS) is 12.0. The summed E-state index contributed by atoms with van der Waals surface area (Å²) in [6.45, 7) is 14.4. The molecule has 0 saturated carbocycles. The van der Waals surface area contributed by atoms with Crippen molar-refractivity contribution >= 4 is 83.6 Å². The fourth-order valence-corrected chi connectivity index (χ4v) is 9.02. The Morgan fingerprint density at radius 2 is 0.673 bits per heavy atom. The number of fused-ring (bicyclic) bond motifs is 1.